The minimum absolute atomic E-state index is 0.189. The fourth-order valence-electron chi connectivity index (χ4n) is 3.92. The number of carbonyl (C=O) groups is 1. The molecule has 2 heterocycles. The van der Waals surface area contributed by atoms with Crippen LogP contribution in [0, 0.1) is 0 Å². The number of hydrogen-bond donors (Lipinski definition) is 1. The van der Waals surface area contributed by atoms with E-state index < -0.39 is 5.60 Å². The molecule has 0 saturated carbocycles. The van der Waals surface area contributed by atoms with Crippen LogP contribution < -0.4 is 0 Å². The molecule has 0 aromatic heterocycles. The van der Waals surface area contributed by atoms with Crippen molar-refractivity contribution in [1.29, 1.82) is 0 Å². The molecule has 0 radical (unpaired) electrons. The molecule has 2 bridgehead atoms. The number of fused-ring (bicyclic) bond motifs is 2. The van der Waals surface area contributed by atoms with Crippen LogP contribution in [0.5, 0.6) is 0 Å². The van der Waals surface area contributed by atoms with Gasteiger partial charge in [0.15, 0.2) is 0 Å². The van der Waals surface area contributed by atoms with Crippen molar-refractivity contribution in [2.75, 3.05) is 19.9 Å². The number of unbranched alkanes of at least 4 members (excludes halogenated alkanes) is 1. The molecule has 1 aromatic carbocycles. The van der Waals surface area contributed by atoms with Crippen molar-refractivity contribution in [3.63, 3.8) is 0 Å². The zero-order chi connectivity index (χ0) is 17.7. The first-order valence-electron chi connectivity index (χ1n) is 8.96. The summed E-state index contributed by atoms with van der Waals surface area (Å²) in [5.41, 5.74) is 0.0989. The summed E-state index contributed by atoms with van der Waals surface area (Å²) in [6.07, 6.45) is 2.25. The Balaban J connectivity index is 1.60. The van der Waals surface area contributed by atoms with Gasteiger partial charge in [-0.25, -0.2) is 4.79 Å². The molecule has 1 N–H and O–H groups in total. The highest BCUT2D eigenvalue weighted by Gasteiger charge is 2.48. The van der Waals surface area contributed by atoms with Gasteiger partial charge in [0.2, 0.25) is 0 Å². The van der Waals surface area contributed by atoms with Gasteiger partial charge < -0.3 is 14.6 Å². The zero-order valence-corrected chi connectivity index (χ0v) is 14.4. The highest BCUT2D eigenvalue weighted by atomic mass is 19.1. The molecule has 2 fully saturated rings. The molecule has 0 spiro atoms. The molecule has 3 rings (SSSR count). The smallest absolute Gasteiger partial charge is 0.410 e. The number of alkyl halides is 1. The summed E-state index contributed by atoms with van der Waals surface area (Å²) in [4.78, 5) is 14.3. The van der Waals surface area contributed by atoms with Gasteiger partial charge in [0.1, 0.15) is 6.61 Å². The van der Waals surface area contributed by atoms with Gasteiger partial charge in [-0.3, -0.25) is 9.29 Å². The first kappa shape index (κ1) is 18.1. The fourth-order valence-corrected chi connectivity index (χ4v) is 3.92. The predicted molar refractivity (Wildman–Crippen MR) is 90.9 cm³/mol. The van der Waals surface area contributed by atoms with E-state index >= 15 is 0 Å². The van der Waals surface area contributed by atoms with Crippen LogP contribution in [0.25, 0.3) is 0 Å². The van der Waals surface area contributed by atoms with E-state index in [1.165, 1.54) is 0 Å². The Morgan fingerprint density at radius 3 is 2.56 bits per heavy atom. The van der Waals surface area contributed by atoms with Gasteiger partial charge in [0.05, 0.1) is 37.6 Å². The van der Waals surface area contributed by atoms with Crippen molar-refractivity contribution in [1.82, 2.24) is 4.90 Å². The van der Waals surface area contributed by atoms with E-state index in [1.54, 1.807) is 4.90 Å². The van der Waals surface area contributed by atoms with E-state index in [2.05, 4.69) is 0 Å². The second-order valence-corrected chi connectivity index (χ2v) is 7.07. The minimum atomic E-state index is -0.843. The first-order valence-corrected chi connectivity index (χ1v) is 8.96. The summed E-state index contributed by atoms with van der Waals surface area (Å²) in [6.45, 7) is 0.686. The van der Waals surface area contributed by atoms with Gasteiger partial charge in [0, 0.05) is 0 Å². The summed E-state index contributed by atoms with van der Waals surface area (Å²) in [7, 11) is 0. The Morgan fingerprint density at radius 2 is 1.92 bits per heavy atom. The van der Waals surface area contributed by atoms with Crippen molar-refractivity contribution in [3.8, 4) is 0 Å². The molecule has 2 unspecified atom stereocenters. The molecule has 138 valence electrons. The Bertz CT molecular complexity index is 554. The molecule has 2 atom stereocenters. The minimum Gasteiger partial charge on any atom is -0.445 e. The van der Waals surface area contributed by atoms with Gasteiger partial charge in [0.25, 0.3) is 0 Å². The van der Waals surface area contributed by atoms with Crippen LogP contribution in [-0.4, -0.2) is 53.7 Å². The summed E-state index contributed by atoms with van der Waals surface area (Å²) in [5.74, 6) is 0. The first-order chi connectivity index (χ1) is 12.1. The SMILES string of the molecule is O=C(OCc1ccccc1)N1C2COCC1CC(O)(CCCCF)C2. The average Bonchev–Trinajstić information content (AvgIpc) is 2.60. The number of piperidine rings is 1. The molecule has 5 nitrogen and oxygen atoms in total. The predicted octanol–water partition coefficient (Wildman–Crippen LogP) is 3.06. The topological polar surface area (TPSA) is 59.0 Å². The van der Waals surface area contributed by atoms with Gasteiger partial charge in [-0.1, -0.05) is 30.3 Å². The van der Waals surface area contributed by atoms with E-state index in [9.17, 15) is 14.3 Å². The molecule has 2 aliphatic heterocycles. The summed E-state index contributed by atoms with van der Waals surface area (Å²) in [5, 5.41) is 10.9. The van der Waals surface area contributed by atoms with Crippen molar-refractivity contribution in [3.05, 3.63) is 35.9 Å². The van der Waals surface area contributed by atoms with Crippen LogP contribution in [0.2, 0.25) is 0 Å². The van der Waals surface area contributed by atoms with Crippen molar-refractivity contribution < 1.29 is 23.8 Å². The number of ether oxygens (including phenoxy) is 2. The molecular formula is C19H26FNO4. The van der Waals surface area contributed by atoms with E-state index in [0.29, 0.717) is 45.3 Å². The molecule has 6 heteroatoms. The molecule has 1 aromatic rings. The lowest BCUT2D eigenvalue weighted by molar-refractivity contribution is -0.136. The monoisotopic (exact) mass is 351 g/mol. The number of halogens is 1. The number of rotatable bonds is 6. The summed E-state index contributed by atoms with van der Waals surface area (Å²) < 4.78 is 23.4. The van der Waals surface area contributed by atoms with Crippen molar-refractivity contribution >= 4 is 6.09 Å². The van der Waals surface area contributed by atoms with Crippen LogP contribution >= 0.6 is 0 Å². The number of amides is 1. The molecule has 25 heavy (non-hydrogen) atoms. The van der Waals surface area contributed by atoms with Gasteiger partial charge in [-0.15, -0.1) is 0 Å². The van der Waals surface area contributed by atoms with Gasteiger partial charge in [-0.05, 0) is 37.7 Å². The third-order valence-corrected chi connectivity index (χ3v) is 5.08. The van der Waals surface area contributed by atoms with Crippen LogP contribution in [-0.2, 0) is 16.1 Å². The normalized spacial score (nSPS) is 28.6. The number of benzene rings is 1. The van der Waals surface area contributed by atoms with Gasteiger partial charge in [-0.2, -0.15) is 0 Å². The Morgan fingerprint density at radius 1 is 1.24 bits per heavy atom. The molecule has 2 aliphatic rings. The Kier molecular flexibility index (Phi) is 5.91. The molecule has 2 saturated heterocycles. The fraction of sp³-hybridized carbons (Fsp3) is 0.632. The number of nitrogens with zero attached hydrogens (tertiary/aromatic N) is 1. The summed E-state index contributed by atoms with van der Waals surface area (Å²) in [6, 6.07) is 9.18. The largest absolute Gasteiger partial charge is 0.445 e. The van der Waals surface area contributed by atoms with E-state index in [1.807, 2.05) is 30.3 Å². The van der Waals surface area contributed by atoms with Crippen molar-refractivity contribution in [2.24, 2.45) is 0 Å². The molecule has 0 aliphatic carbocycles. The Hall–Kier alpha value is -1.66. The lowest BCUT2D eigenvalue weighted by Crippen LogP contribution is -2.63. The summed E-state index contributed by atoms with van der Waals surface area (Å²) >= 11 is 0. The number of aliphatic hydroxyl groups is 1. The lowest BCUT2D eigenvalue weighted by Gasteiger charge is -2.51. The second kappa shape index (κ2) is 8.15. The van der Waals surface area contributed by atoms with E-state index in [-0.39, 0.29) is 31.5 Å². The highest BCUT2D eigenvalue weighted by molar-refractivity contribution is 5.69. The van der Waals surface area contributed by atoms with E-state index in [0.717, 1.165) is 5.56 Å². The third-order valence-electron chi connectivity index (χ3n) is 5.08. The third kappa shape index (κ3) is 4.50. The van der Waals surface area contributed by atoms with Crippen LogP contribution in [0.15, 0.2) is 30.3 Å². The van der Waals surface area contributed by atoms with Crippen LogP contribution in [0.4, 0.5) is 9.18 Å². The molecular weight excluding hydrogens is 325 g/mol. The van der Waals surface area contributed by atoms with E-state index in [4.69, 9.17) is 9.47 Å². The second-order valence-electron chi connectivity index (χ2n) is 7.07. The number of morpholine rings is 1. The average molecular weight is 351 g/mol. The zero-order valence-electron chi connectivity index (χ0n) is 14.4. The van der Waals surface area contributed by atoms with Crippen LogP contribution in [0.1, 0.15) is 37.7 Å². The number of carbonyl (C=O) groups excluding carboxylic acids is 1. The standard InChI is InChI=1S/C19H26FNO4/c20-9-5-4-8-19(23)10-16-13-24-14-17(11-19)21(16)18(22)25-12-15-6-2-1-3-7-15/h1-3,6-7,16-17,23H,4-5,8-14H2. The maximum absolute atomic E-state index is 12.6. The van der Waals surface area contributed by atoms with Gasteiger partial charge >= 0.3 is 6.09 Å². The number of hydrogen-bond acceptors (Lipinski definition) is 4. The maximum atomic E-state index is 12.6. The lowest BCUT2D eigenvalue weighted by atomic mass is 9.78. The molecule has 1 amide bonds. The van der Waals surface area contributed by atoms with Crippen molar-refractivity contribution in [2.45, 2.75) is 56.4 Å². The quantitative estimate of drug-likeness (QED) is 0.801. The highest BCUT2D eigenvalue weighted by Crippen LogP contribution is 2.37. The van der Waals surface area contributed by atoms with Crippen LogP contribution in [0.3, 0.4) is 0 Å². The maximum Gasteiger partial charge on any atom is 0.410 e. The Labute approximate surface area is 147 Å².